The monoisotopic (exact) mass is 129 g/mol. The summed E-state index contributed by atoms with van der Waals surface area (Å²) in [4.78, 5) is 0. The van der Waals surface area contributed by atoms with Crippen LogP contribution in [-0.2, 0) is 0 Å². The molecule has 0 atom stereocenters. The van der Waals surface area contributed by atoms with Crippen LogP contribution >= 0.6 is 0 Å². The number of allylic oxidation sites excluding steroid dienone is 4. The van der Waals surface area contributed by atoms with Gasteiger partial charge in [-0.25, -0.2) is 0 Å². The Kier molecular flexibility index (Phi) is 3.20. The summed E-state index contributed by atoms with van der Waals surface area (Å²) in [6.45, 7) is 0. The van der Waals surface area contributed by atoms with Gasteiger partial charge in [0.05, 0.1) is 0 Å². The number of nitrogens with two attached hydrogens (primary N) is 1. The van der Waals surface area contributed by atoms with E-state index < -0.39 is 0 Å². The van der Waals surface area contributed by atoms with Crippen LogP contribution in [0.2, 0.25) is 0 Å². The molecule has 8 heavy (non-hydrogen) atoms. The number of hydrogen-bond donors (Lipinski definition) is 1. The van der Waals surface area contributed by atoms with Crippen molar-refractivity contribution in [3.63, 3.8) is 0 Å². The average Bonchev–Trinajstić information content (AvgIpc) is 1.69. The number of hydrogen-bond acceptors (Lipinski definition) is 0. The maximum atomic E-state index is 5.38. The van der Waals surface area contributed by atoms with Crippen LogP contribution in [0.25, 0.3) is 0 Å². The average molecular weight is 130 g/mol. The van der Waals surface area contributed by atoms with E-state index >= 15 is 0 Å². The minimum Gasteiger partial charge on any atom is -1.00 e. The van der Waals surface area contributed by atoms with Gasteiger partial charge >= 0.3 is 0 Å². The van der Waals surface area contributed by atoms with Gasteiger partial charge in [0.25, 0.3) is 0 Å². The van der Waals surface area contributed by atoms with Crippen molar-refractivity contribution in [1.82, 2.24) is 0 Å². The minimum absolute atomic E-state index is 0. The molecule has 0 heterocycles. The van der Waals surface area contributed by atoms with Crippen molar-refractivity contribution in [1.29, 1.82) is 0 Å². The lowest BCUT2D eigenvalue weighted by molar-refractivity contribution is -0.110. The Balaban J connectivity index is 0.000000490. The van der Waals surface area contributed by atoms with Crippen LogP contribution in [0.4, 0.5) is 0 Å². The molecule has 1 rings (SSSR count). The van der Waals surface area contributed by atoms with Crippen LogP contribution in [0.3, 0.4) is 0 Å². The van der Waals surface area contributed by atoms with Crippen LogP contribution in [0.5, 0.6) is 0 Å². The van der Waals surface area contributed by atoms with Crippen molar-refractivity contribution in [2.45, 2.75) is 6.42 Å². The maximum absolute atomic E-state index is 5.38. The normalized spacial score (nSPS) is 15.8. The zero-order chi connectivity index (χ0) is 5.11. The molecule has 0 saturated heterocycles. The lowest BCUT2D eigenvalue weighted by atomic mass is 10.2. The molecule has 0 aromatic heterocycles. The van der Waals surface area contributed by atoms with Gasteiger partial charge in [0.1, 0.15) is 0 Å². The van der Waals surface area contributed by atoms with Gasteiger partial charge in [0.2, 0.25) is 0 Å². The van der Waals surface area contributed by atoms with Crippen molar-refractivity contribution in [3.8, 4) is 0 Å². The molecular formula is C6H8ClN. The highest BCUT2D eigenvalue weighted by atomic mass is 35.5. The number of halogens is 1. The molecule has 0 fully saturated rings. The van der Waals surface area contributed by atoms with Crippen LogP contribution in [0.15, 0.2) is 24.3 Å². The first-order chi connectivity index (χ1) is 3.39. The van der Waals surface area contributed by atoms with Gasteiger partial charge in [-0.15, -0.1) is 0 Å². The molecule has 1 nitrogen and oxygen atoms in total. The van der Waals surface area contributed by atoms with E-state index in [4.69, 9.17) is 5.41 Å². The molecular weight excluding hydrogens is 122 g/mol. The molecule has 0 aliphatic heterocycles. The van der Waals surface area contributed by atoms with E-state index in [0.717, 1.165) is 12.1 Å². The van der Waals surface area contributed by atoms with E-state index in [0.29, 0.717) is 0 Å². The Labute approximate surface area is 55.0 Å². The van der Waals surface area contributed by atoms with Crippen LogP contribution < -0.4 is 17.8 Å². The van der Waals surface area contributed by atoms with E-state index in [1.807, 2.05) is 24.3 Å². The fourth-order valence-electron chi connectivity index (χ4n) is 0.542. The van der Waals surface area contributed by atoms with Crippen molar-refractivity contribution in [3.05, 3.63) is 24.3 Å². The molecule has 1 aliphatic rings. The summed E-state index contributed by atoms with van der Waals surface area (Å²) in [6.07, 6.45) is 8.94. The lowest BCUT2D eigenvalue weighted by Crippen LogP contribution is -3.00. The molecule has 44 valence electrons. The Bertz CT molecular complexity index is 121. The quantitative estimate of drug-likeness (QED) is 0.355. The van der Waals surface area contributed by atoms with Gasteiger partial charge in [0.15, 0.2) is 5.71 Å². The lowest BCUT2D eigenvalue weighted by Gasteiger charge is -1.86. The molecule has 0 unspecified atom stereocenters. The summed E-state index contributed by atoms with van der Waals surface area (Å²) < 4.78 is 0. The Morgan fingerprint density at radius 1 is 1.25 bits per heavy atom. The van der Waals surface area contributed by atoms with Gasteiger partial charge in [-0.05, 0) is 6.42 Å². The van der Waals surface area contributed by atoms with Crippen LogP contribution in [-0.4, -0.2) is 5.71 Å². The smallest absolute Gasteiger partial charge is 0.195 e. The molecule has 0 amide bonds. The molecule has 2 heteroatoms. The molecule has 1 aliphatic carbocycles. The third kappa shape index (κ3) is 1.94. The van der Waals surface area contributed by atoms with E-state index in [9.17, 15) is 0 Å². The molecule has 0 aromatic rings. The van der Waals surface area contributed by atoms with Crippen molar-refractivity contribution < 1.29 is 17.8 Å². The summed E-state index contributed by atoms with van der Waals surface area (Å²) in [6, 6.07) is 0. The fourth-order valence-corrected chi connectivity index (χ4v) is 0.542. The van der Waals surface area contributed by atoms with E-state index in [-0.39, 0.29) is 12.4 Å². The third-order valence-electron chi connectivity index (χ3n) is 0.893. The van der Waals surface area contributed by atoms with Gasteiger partial charge < -0.3 is 12.4 Å². The van der Waals surface area contributed by atoms with Crippen LogP contribution in [0.1, 0.15) is 6.42 Å². The SMILES string of the molecule is [Cl-].[NH2+]=C1C=CCC=C1. The van der Waals surface area contributed by atoms with Gasteiger partial charge in [-0.3, -0.25) is 5.41 Å². The molecule has 0 aromatic carbocycles. The van der Waals surface area contributed by atoms with Crippen molar-refractivity contribution >= 4 is 5.71 Å². The number of rotatable bonds is 0. The predicted molar refractivity (Wildman–Crippen MR) is 29.8 cm³/mol. The third-order valence-corrected chi connectivity index (χ3v) is 0.893. The summed E-state index contributed by atoms with van der Waals surface area (Å²) in [5.74, 6) is 0. The Morgan fingerprint density at radius 2 is 1.75 bits per heavy atom. The summed E-state index contributed by atoms with van der Waals surface area (Å²) in [5, 5.41) is 5.38. The van der Waals surface area contributed by atoms with Crippen LogP contribution in [0, 0.1) is 0 Å². The summed E-state index contributed by atoms with van der Waals surface area (Å²) >= 11 is 0. The minimum atomic E-state index is 0. The Morgan fingerprint density at radius 3 is 2.00 bits per heavy atom. The second-order valence-corrected chi connectivity index (χ2v) is 1.54. The highest BCUT2D eigenvalue weighted by molar-refractivity contribution is 5.99. The van der Waals surface area contributed by atoms with Gasteiger partial charge in [-0.1, -0.05) is 12.2 Å². The maximum Gasteiger partial charge on any atom is 0.195 e. The van der Waals surface area contributed by atoms with Gasteiger partial charge in [0, 0.05) is 12.2 Å². The van der Waals surface area contributed by atoms with Gasteiger partial charge in [-0.2, -0.15) is 0 Å². The summed E-state index contributed by atoms with van der Waals surface area (Å²) in [7, 11) is 0. The zero-order valence-electron chi connectivity index (χ0n) is 4.47. The molecule has 0 bridgehead atoms. The van der Waals surface area contributed by atoms with Crippen molar-refractivity contribution in [2.24, 2.45) is 0 Å². The fraction of sp³-hybridized carbons (Fsp3) is 0.167. The first-order valence-electron chi connectivity index (χ1n) is 2.35. The molecule has 0 spiro atoms. The highest BCUT2D eigenvalue weighted by Gasteiger charge is 1.90. The molecule has 2 N–H and O–H groups in total. The Hall–Kier alpha value is -0.560. The first-order valence-corrected chi connectivity index (χ1v) is 2.35. The summed E-state index contributed by atoms with van der Waals surface area (Å²) in [5.41, 5.74) is 0.853. The first kappa shape index (κ1) is 7.44. The van der Waals surface area contributed by atoms with E-state index in [1.54, 1.807) is 0 Å². The van der Waals surface area contributed by atoms with Crippen molar-refractivity contribution in [2.75, 3.05) is 0 Å². The second-order valence-electron chi connectivity index (χ2n) is 1.54. The molecule has 0 saturated carbocycles. The van der Waals surface area contributed by atoms with E-state index in [2.05, 4.69) is 0 Å². The molecule has 0 radical (unpaired) electrons. The highest BCUT2D eigenvalue weighted by Crippen LogP contribution is 1.92. The topological polar surface area (TPSA) is 25.6 Å². The standard InChI is InChI=1S/C6H7N.ClH/c7-6-4-2-1-3-5-6;/h2-5,7H,1H2;1H. The second kappa shape index (κ2) is 3.44. The largest absolute Gasteiger partial charge is 1.00 e. The predicted octanol–water partition coefficient (Wildman–Crippen LogP) is -3.29. The zero-order valence-corrected chi connectivity index (χ0v) is 5.23. The van der Waals surface area contributed by atoms with E-state index in [1.165, 1.54) is 0 Å².